The molecule has 1 unspecified atom stereocenters. The largest absolute Gasteiger partial charge is 0.312 e. The van der Waals surface area contributed by atoms with E-state index in [1.807, 2.05) is 6.92 Å². The van der Waals surface area contributed by atoms with Gasteiger partial charge in [0.1, 0.15) is 5.82 Å². The molecule has 0 spiro atoms. The summed E-state index contributed by atoms with van der Waals surface area (Å²) in [6.07, 6.45) is 0.140. The van der Waals surface area contributed by atoms with Gasteiger partial charge in [-0.15, -0.1) is 12.4 Å². The van der Waals surface area contributed by atoms with Crippen LogP contribution in [0.1, 0.15) is 31.4 Å². The first-order valence-electron chi connectivity index (χ1n) is 11.8. The molecule has 2 aromatic carbocycles. The van der Waals surface area contributed by atoms with E-state index >= 15 is 0 Å². The van der Waals surface area contributed by atoms with E-state index in [2.05, 4.69) is 37.8 Å². The number of halogens is 2. The first-order chi connectivity index (χ1) is 16.3. The number of likely N-dealkylation sites (N-methyl/N-ethyl adjacent to an activating group) is 1. The number of thiazole rings is 1. The number of aryl methyl sites for hydroxylation is 2. The molecule has 2 heterocycles. The average Bonchev–Trinajstić information content (AvgIpc) is 3.41. The summed E-state index contributed by atoms with van der Waals surface area (Å²) >= 11 is 1.52. The molecule has 35 heavy (non-hydrogen) atoms. The van der Waals surface area contributed by atoms with Gasteiger partial charge < -0.3 is 9.80 Å². The van der Waals surface area contributed by atoms with Crippen LogP contribution in [0.5, 0.6) is 0 Å². The van der Waals surface area contributed by atoms with Crippen molar-refractivity contribution in [3.63, 3.8) is 0 Å². The van der Waals surface area contributed by atoms with Crippen LogP contribution >= 0.6 is 23.7 Å². The normalized spacial score (nSPS) is 15.7. The smallest absolute Gasteiger partial charge is 0.234 e. The highest BCUT2D eigenvalue weighted by molar-refractivity contribution is 7.22. The lowest BCUT2D eigenvalue weighted by Crippen LogP contribution is -2.42. The Bertz CT molecular complexity index is 1200. The van der Waals surface area contributed by atoms with Crippen molar-refractivity contribution in [3.8, 4) is 0 Å². The molecule has 2 amide bonds. The van der Waals surface area contributed by atoms with E-state index in [1.165, 1.54) is 23.5 Å². The highest BCUT2D eigenvalue weighted by Gasteiger charge is 2.38. The number of aromatic nitrogens is 1. The summed E-state index contributed by atoms with van der Waals surface area (Å²) in [5.74, 6) is -1.03. The molecule has 0 radical (unpaired) electrons. The summed E-state index contributed by atoms with van der Waals surface area (Å²) in [6, 6.07) is 10.0. The minimum Gasteiger partial charge on any atom is -0.312 e. The molecule has 1 atom stereocenters. The first-order valence-corrected chi connectivity index (χ1v) is 12.6. The molecule has 1 saturated heterocycles. The molecule has 1 fully saturated rings. The van der Waals surface area contributed by atoms with E-state index in [1.54, 1.807) is 21.9 Å². The maximum Gasteiger partial charge on any atom is 0.234 e. The van der Waals surface area contributed by atoms with Crippen molar-refractivity contribution in [2.45, 2.75) is 34.1 Å². The highest BCUT2D eigenvalue weighted by atomic mass is 35.5. The summed E-state index contributed by atoms with van der Waals surface area (Å²) < 4.78 is 14.4. The van der Waals surface area contributed by atoms with Gasteiger partial charge in [0, 0.05) is 31.7 Å². The Morgan fingerprint density at radius 1 is 1.14 bits per heavy atom. The van der Waals surface area contributed by atoms with E-state index in [4.69, 9.17) is 4.98 Å². The molecule has 0 aliphatic carbocycles. The summed E-state index contributed by atoms with van der Waals surface area (Å²) in [6.45, 7) is 11.6. The molecule has 1 aliphatic rings. The molecule has 9 heteroatoms. The van der Waals surface area contributed by atoms with E-state index < -0.39 is 5.92 Å². The average molecular weight is 519 g/mol. The van der Waals surface area contributed by atoms with Crippen molar-refractivity contribution in [1.82, 2.24) is 9.88 Å². The van der Waals surface area contributed by atoms with Gasteiger partial charge in [-0.1, -0.05) is 31.3 Å². The van der Waals surface area contributed by atoms with Crippen molar-refractivity contribution in [3.05, 3.63) is 53.3 Å². The quantitative estimate of drug-likeness (QED) is 0.411. The molecule has 0 N–H and O–H groups in total. The van der Waals surface area contributed by atoms with Crippen LogP contribution in [0.25, 0.3) is 10.2 Å². The zero-order valence-corrected chi connectivity index (χ0v) is 22.2. The Hall–Kier alpha value is -2.55. The summed E-state index contributed by atoms with van der Waals surface area (Å²) in [7, 11) is 0. The lowest BCUT2D eigenvalue weighted by molar-refractivity contribution is -0.124. The predicted octanol–water partition coefficient (Wildman–Crippen LogP) is 5.20. The topological polar surface area (TPSA) is 56.8 Å². The lowest BCUT2D eigenvalue weighted by atomic mass is 10.1. The van der Waals surface area contributed by atoms with Gasteiger partial charge in [-0.3, -0.25) is 14.5 Å². The number of anilines is 2. The number of hydrogen-bond donors (Lipinski definition) is 0. The van der Waals surface area contributed by atoms with Gasteiger partial charge in [0.05, 0.1) is 16.1 Å². The number of nitrogens with zero attached hydrogens (tertiary/aromatic N) is 4. The van der Waals surface area contributed by atoms with Gasteiger partial charge in [-0.05, 0) is 68.4 Å². The van der Waals surface area contributed by atoms with Gasteiger partial charge in [0.2, 0.25) is 11.8 Å². The second-order valence-corrected chi connectivity index (χ2v) is 9.83. The van der Waals surface area contributed by atoms with E-state index in [0.29, 0.717) is 17.4 Å². The molecule has 0 saturated carbocycles. The number of benzene rings is 2. The maximum atomic E-state index is 13.8. The molecule has 6 nitrogen and oxygen atoms in total. The van der Waals surface area contributed by atoms with Crippen LogP contribution in [0.15, 0.2) is 36.4 Å². The maximum absolute atomic E-state index is 13.8. The number of amides is 2. The van der Waals surface area contributed by atoms with Crippen LogP contribution < -0.4 is 9.80 Å². The van der Waals surface area contributed by atoms with Crippen LogP contribution in [-0.4, -0.2) is 54.4 Å². The minimum absolute atomic E-state index is 0. The predicted molar refractivity (Wildman–Crippen MR) is 143 cm³/mol. The highest BCUT2D eigenvalue weighted by Crippen LogP contribution is 2.34. The molecule has 1 aromatic heterocycles. The standard InChI is InChI=1S/C26H31FN4O2S.ClH/c1-5-29(6-2)11-12-30(26-28-24-18(4)13-17(3)14-22(24)34-26)25(33)19-15-23(32)31(16-19)21-9-7-20(27)8-10-21;/h7-10,13-14,19H,5-6,11-12,15-16H2,1-4H3;1H. The second kappa shape index (κ2) is 11.5. The SMILES string of the molecule is CCN(CC)CCN(C(=O)C1CC(=O)N(c2ccc(F)cc2)C1)c1nc2c(C)cc(C)cc2s1.Cl. The van der Waals surface area contributed by atoms with Crippen LogP contribution in [-0.2, 0) is 9.59 Å². The Balaban J connectivity index is 0.00000342. The van der Waals surface area contributed by atoms with Gasteiger partial charge in [-0.25, -0.2) is 9.37 Å². The van der Waals surface area contributed by atoms with Gasteiger partial charge in [-0.2, -0.15) is 0 Å². The number of rotatable bonds is 8. The zero-order valence-electron chi connectivity index (χ0n) is 20.6. The van der Waals surface area contributed by atoms with Crippen molar-refractivity contribution in [1.29, 1.82) is 0 Å². The number of fused-ring (bicyclic) bond motifs is 1. The minimum atomic E-state index is -0.468. The molecule has 188 valence electrons. The molecular formula is C26H32ClFN4O2S. The zero-order chi connectivity index (χ0) is 24.4. The molecule has 4 rings (SSSR count). The third-order valence-electron chi connectivity index (χ3n) is 6.46. The van der Waals surface area contributed by atoms with Crippen molar-refractivity contribution < 1.29 is 14.0 Å². The van der Waals surface area contributed by atoms with Crippen molar-refractivity contribution >= 4 is 56.6 Å². The first kappa shape index (κ1) is 27.0. The van der Waals surface area contributed by atoms with Crippen LogP contribution in [0.2, 0.25) is 0 Å². The summed E-state index contributed by atoms with van der Waals surface area (Å²) in [5, 5.41) is 0.675. The fourth-order valence-electron chi connectivity index (χ4n) is 4.52. The van der Waals surface area contributed by atoms with Gasteiger partial charge in [0.15, 0.2) is 5.13 Å². The van der Waals surface area contributed by atoms with Crippen LogP contribution in [0.4, 0.5) is 15.2 Å². The number of carbonyl (C=O) groups excluding carboxylic acids is 2. The van der Waals surface area contributed by atoms with Gasteiger partial charge in [0.25, 0.3) is 0 Å². The van der Waals surface area contributed by atoms with Crippen LogP contribution in [0, 0.1) is 25.6 Å². The van der Waals surface area contributed by atoms with E-state index in [9.17, 15) is 14.0 Å². The van der Waals surface area contributed by atoms with E-state index in [0.717, 1.165) is 41.0 Å². The summed E-state index contributed by atoms with van der Waals surface area (Å²) in [4.78, 5) is 37.0. The second-order valence-electron chi connectivity index (χ2n) is 8.82. The Labute approximate surface area is 216 Å². The fourth-order valence-corrected chi connectivity index (χ4v) is 5.69. The van der Waals surface area contributed by atoms with E-state index in [-0.39, 0.29) is 43.0 Å². The Morgan fingerprint density at radius 3 is 2.49 bits per heavy atom. The summed E-state index contributed by atoms with van der Waals surface area (Å²) in [5.41, 5.74) is 3.79. The fraction of sp³-hybridized carbons (Fsp3) is 0.423. The Kier molecular flexibility index (Phi) is 8.85. The van der Waals surface area contributed by atoms with Gasteiger partial charge >= 0.3 is 0 Å². The molecule has 1 aliphatic heterocycles. The molecule has 3 aromatic rings. The third kappa shape index (κ3) is 5.82. The Morgan fingerprint density at radius 2 is 1.83 bits per heavy atom. The number of carbonyl (C=O) groups is 2. The molecule has 0 bridgehead atoms. The third-order valence-corrected chi connectivity index (χ3v) is 7.49. The molecular weight excluding hydrogens is 487 g/mol. The van der Waals surface area contributed by atoms with Crippen molar-refractivity contribution in [2.75, 3.05) is 42.5 Å². The van der Waals surface area contributed by atoms with Crippen molar-refractivity contribution in [2.24, 2.45) is 5.92 Å². The van der Waals surface area contributed by atoms with Crippen LogP contribution in [0.3, 0.4) is 0 Å². The monoisotopic (exact) mass is 518 g/mol. The lowest BCUT2D eigenvalue weighted by Gasteiger charge is -2.26. The number of hydrogen-bond acceptors (Lipinski definition) is 5.